The van der Waals surface area contributed by atoms with Crippen LogP contribution in [0.3, 0.4) is 0 Å². The first-order valence-electron chi connectivity index (χ1n) is 8.13. The van der Waals surface area contributed by atoms with Crippen molar-refractivity contribution in [3.8, 4) is 0 Å². The van der Waals surface area contributed by atoms with Crippen LogP contribution in [0.1, 0.15) is 35.4 Å². The topological polar surface area (TPSA) is 32.8 Å². The number of carbonyl (C=O) groups excluding carboxylic acids is 1. The van der Waals surface area contributed by atoms with Crippen LogP contribution in [0.4, 0.5) is 11.4 Å². The van der Waals surface area contributed by atoms with Crippen LogP contribution in [0.25, 0.3) is 0 Å². The average Bonchev–Trinajstić information content (AvgIpc) is 2.49. The van der Waals surface area contributed by atoms with Gasteiger partial charge in [0.25, 0.3) is 0 Å². The third-order valence-electron chi connectivity index (χ3n) is 4.64. The van der Waals surface area contributed by atoms with Crippen LogP contribution in [0.15, 0.2) is 33.2 Å². The number of nitrogens with zero attached hydrogens (tertiary/aromatic N) is 2. The summed E-state index contributed by atoms with van der Waals surface area (Å²) < 4.78 is 7.85. The lowest BCUT2D eigenvalue weighted by Gasteiger charge is -2.49. The molecule has 2 heterocycles. The van der Waals surface area contributed by atoms with Crippen LogP contribution in [0, 0.1) is 13.8 Å². The van der Waals surface area contributed by atoms with E-state index < -0.39 is 6.23 Å². The van der Waals surface area contributed by atoms with Gasteiger partial charge >= 0.3 is 5.97 Å². The fraction of sp³-hybridized carbons (Fsp3) is 0.316. The van der Waals surface area contributed by atoms with E-state index in [1.54, 1.807) is 0 Å². The summed E-state index contributed by atoms with van der Waals surface area (Å²) in [7, 11) is 0. The number of hydrogen-bond acceptors (Lipinski definition) is 4. The Bertz CT molecular complexity index is 897. The first-order valence-corrected chi connectivity index (χ1v) is 9.71. The van der Waals surface area contributed by atoms with Gasteiger partial charge < -0.3 is 14.5 Å². The average molecular weight is 466 g/mol. The third kappa shape index (κ3) is 2.75. The number of hydrogen-bond donors (Lipinski definition) is 0. The Morgan fingerprint density at radius 1 is 1.08 bits per heavy atom. The Morgan fingerprint density at radius 2 is 1.72 bits per heavy atom. The number of esters is 1. The molecule has 6 heteroatoms. The standard InChI is InChI=1S/C19H18Br2N2O2/c1-10-4-13-8-22-9-23(17(13)15(20)6-10)19(25-12(3)24)14-5-11(2)7-16(21)18(14)22/h4-7,19H,8-9H2,1-3H3/t19-/m0/s1. The number of carbonyl (C=O) groups is 1. The molecule has 0 spiro atoms. The molecular weight excluding hydrogens is 448 g/mol. The summed E-state index contributed by atoms with van der Waals surface area (Å²) in [6.07, 6.45) is -0.432. The maximum Gasteiger partial charge on any atom is 0.304 e. The molecule has 1 atom stereocenters. The minimum atomic E-state index is -0.432. The third-order valence-corrected chi connectivity index (χ3v) is 5.85. The fourth-order valence-corrected chi connectivity index (χ4v) is 5.52. The maximum absolute atomic E-state index is 11.8. The van der Waals surface area contributed by atoms with Crippen molar-refractivity contribution in [2.45, 2.75) is 33.5 Å². The van der Waals surface area contributed by atoms with Gasteiger partial charge in [-0.05, 0) is 80.6 Å². The SMILES string of the molecule is CC(=O)O[C@H]1c2cc(C)cc(Br)c2N2Cc3cc(C)cc(Br)c3N1C2. The Morgan fingerprint density at radius 3 is 2.40 bits per heavy atom. The first-order chi connectivity index (χ1) is 11.8. The smallest absolute Gasteiger partial charge is 0.304 e. The van der Waals surface area contributed by atoms with Crippen LogP contribution in [0.5, 0.6) is 0 Å². The second-order valence-corrected chi connectivity index (χ2v) is 8.42. The van der Waals surface area contributed by atoms with Crippen LogP contribution in [0.2, 0.25) is 0 Å². The van der Waals surface area contributed by atoms with Gasteiger partial charge in [0, 0.05) is 28.0 Å². The van der Waals surface area contributed by atoms with Gasteiger partial charge in [0.1, 0.15) is 0 Å². The molecule has 0 fully saturated rings. The minimum absolute atomic E-state index is 0.280. The Hall–Kier alpha value is -1.53. The number of fused-ring (bicyclic) bond motifs is 6. The summed E-state index contributed by atoms with van der Waals surface area (Å²) in [4.78, 5) is 16.3. The molecule has 0 aliphatic carbocycles. The molecule has 0 N–H and O–H groups in total. The molecule has 25 heavy (non-hydrogen) atoms. The zero-order chi connectivity index (χ0) is 17.9. The van der Waals surface area contributed by atoms with Crippen LogP contribution >= 0.6 is 31.9 Å². The van der Waals surface area contributed by atoms with Gasteiger partial charge in [-0.3, -0.25) is 4.79 Å². The molecule has 4 rings (SSSR count). The van der Waals surface area contributed by atoms with Crippen molar-refractivity contribution in [1.29, 1.82) is 0 Å². The van der Waals surface area contributed by atoms with E-state index in [0.717, 1.165) is 38.0 Å². The molecule has 0 saturated carbocycles. The van der Waals surface area contributed by atoms with Gasteiger partial charge in [0.15, 0.2) is 0 Å². The predicted octanol–water partition coefficient (Wildman–Crippen LogP) is 5.19. The molecule has 0 unspecified atom stereocenters. The van der Waals surface area contributed by atoms with Crippen molar-refractivity contribution in [2.24, 2.45) is 0 Å². The lowest BCUT2D eigenvalue weighted by atomic mass is 9.97. The molecule has 2 aliphatic heterocycles. The van der Waals surface area contributed by atoms with Crippen molar-refractivity contribution < 1.29 is 9.53 Å². The normalized spacial score (nSPS) is 17.9. The number of anilines is 2. The first kappa shape index (κ1) is 16.9. The summed E-state index contributed by atoms with van der Waals surface area (Å²) in [5, 5.41) is 0. The monoisotopic (exact) mass is 464 g/mol. The molecule has 0 saturated heterocycles. The van der Waals surface area contributed by atoms with E-state index in [1.807, 2.05) is 0 Å². The van der Waals surface area contributed by atoms with Gasteiger partial charge in [0.05, 0.1) is 18.0 Å². The van der Waals surface area contributed by atoms with Crippen molar-refractivity contribution in [2.75, 3.05) is 16.5 Å². The molecule has 2 aromatic carbocycles. The van der Waals surface area contributed by atoms with E-state index >= 15 is 0 Å². The highest BCUT2D eigenvalue weighted by atomic mass is 79.9. The van der Waals surface area contributed by atoms with Gasteiger partial charge in [-0.15, -0.1) is 0 Å². The lowest BCUT2D eigenvalue weighted by Crippen LogP contribution is -2.50. The summed E-state index contributed by atoms with van der Waals surface area (Å²) in [5.74, 6) is -0.280. The molecule has 0 amide bonds. The lowest BCUT2D eigenvalue weighted by molar-refractivity contribution is -0.147. The van der Waals surface area contributed by atoms with E-state index in [2.05, 4.69) is 79.8 Å². The molecule has 2 aromatic rings. The molecular formula is C19H18Br2N2O2. The minimum Gasteiger partial charge on any atom is -0.437 e. The number of benzene rings is 2. The van der Waals surface area contributed by atoms with Gasteiger partial charge in [-0.1, -0.05) is 6.07 Å². The highest BCUT2D eigenvalue weighted by Crippen LogP contribution is 2.49. The van der Waals surface area contributed by atoms with Crippen molar-refractivity contribution in [1.82, 2.24) is 0 Å². The second kappa shape index (κ2) is 6.02. The zero-order valence-corrected chi connectivity index (χ0v) is 17.4. The molecule has 0 radical (unpaired) electrons. The Kier molecular flexibility index (Phi) is 4.07. The highest BCUT2D eigenvalue weighted by Gasteiger charge is 2.40. The number of rotatable bonds is 1. The quantitative estimate of drug-likeness (QED) is 0.542. The Labute approximate surface area is 164 Å². The van der Waals surface area contributed by atoms with Gasteiger partial charge in [-0.25, -0.2) is 0 Å². The van der Waals surface area contributed by atoms with Crippen LogP contribution < -0.4 is 9.80 Å². The number of aryl methyl sites for hydroxylation is 2. The summed E-state index contributed by atoms with van der Waals surface area (Å²) in [6.45, 7) is 7.12. The van der Waals surface area contributed by atoms with Crippen LogP contribution in [-0.2, 0) is 16.1 Å². The molecule has 2 aliphatic rings. The van der Waals surface area contributed by atoms with Gasteiger partial charge in [-0.2, -0.15) is 0 Å². The summed E-state index contributed by atoms with van der Waals surface area (Å²) in [5.41, 5.74) is 6.81. The summed E-state index contributed by atoms with van der Waals surface area (Å²) in [6, 6.07) is 8.54. The Balaban J connectivity index is 1.95. The van der Waals surface area contributed by atoms with E-state index in [9.17, 15) is 4.79 Å². The fourth-order valence-electron chi connectivity index (χ4n) is 3.84. The summed E-state index contributed by atoms with van der Waals surface area (Å²) >= 11 is 7.42. The largest absolute Gasteiger partial charge is 0.437 e. The molecule has 4 nitrogen and oxygen atoms in total. The van der Waals surface area contributed by atoms with Crippen molar-refractivity contribution in [3.63, 3.8) is 0 Å². The second-order valence-electron chi connectivity index (χ2n) is 6.71. The molecule has 2 bridgehead atoms. The van der Waals surface area contributed by atoms with E-state index in [1.165, 1.54) is 18.1 Å². The number of ether oxygens (including phenoxy) is 1. The molecule has 0 aromatic heterocycles. The predicted molar refractivity (Wildman–Crippen MR) is 106 cm³/mol. The van der Waals surface area contributed by atoms with Gasteiger partial charge in [0.2, 0.25) is 6.23 Å². The van der Waals surface area contributed by atoms with Crippen LogP contribution in [-0.4, -0.2) is 12.6 Å². The van der Waals surface area contributed by atoms with Crippen molar-refractivity contribution >= 4 is 49.2 Å². The van der Waals surface area contributed by atoms with E-state index in [-0.39, 0.29) is 5.97 Å². The number of halogens is 2. The van der Waals surface area contributed by atoms with E-state index in [0.29, 0.717) is 6.67 Å². The van der Waals surface area contributed by atoms with Crippen molar-refractivity contribution in [3.05, 3.63) is 55.5 Å². The highest BCUT2D eigenvalue weighted by molar-refractivity contribution is 9.11. The maximum atomic E-state index is 11.8. The molecule has 130 valence electrons. The van der Waals surface area contributed by atoms with E-state index in [4.69, 9.17) is 4.74 Å². The zero-order valence-electron chi connectivity index (χ0n) is 14.3.